The van der Waals surface area contributed by atoms with Crippen molar-refractivity contribution in [2.75, 3.05) is 66.0 Å². The molecule has 10 atom stereocenters. The van der Waals surface area contributed by atoms with Gasteiger partial charge in [-0.2, -0.15) is 9.78 Å². The summed E-state index contributed by atoms with van der Waals surface area (Å²) in [5, 5.41) is 47.8. The number of benzene rings is 3. The van der Waals surface area contributed by atoms with E-state index in [-0.39, 0.29) is 96.2 Å². The zero-order valence-electron chi connectivity index (χ0n) is 63.2. The van der Waals surface area contributed by atoms with Crippen molar-refractivity contribution >= 4 is 112 Å². The van der Waals surface area contributed by atoms with Gasteiger partial charge in [0.25, 0.3) is 5.91 Å². The maximum Gasteiger partial charge on any atom is 0.345 e. The number of aliphatic hydroxyl groups is 1. The standard InChI is InChI=1S/C75H107N21O14S/c1-6-52-67(102)83-36-29-57(72(107)88-55(27-33-78)71(106)92-59(41-46-16-8-7-9-17-46)73(108)91-58(40-44(2)3)68(103)85-43-63(99)86-54(26-32-77)69(104)87-52)89-70(105)56(28-34-79)90-74(109)64(45(4)97)93-62(98)30-38-95(39-37-84-66(101)51(80)20-12-14-31-76)75(110)96-60-42-48(111-61-21-11-10-19-50(61)65(100)81-5)23-24-49(60)53(94-96)25-22-47-18-13-15-35-82-47/h7-11,13,15-19,21-25,35,42,44-45,51-52,54-59,64,97H,6,12,14,20,26-34,36-41,43,76-80H2,1-5H3,(H,81,100)(H,83,102)(H,84,101)(H,85,103)(H,86,99)(H,87,104)(H,88,107)(H,89,105)(H,90,109)(H,91,108)(H,92,106)(H,93,98)/b25-22+/t45-,51+,52-,54+,55+,56+,57+,58+,59-,64+/m1/s1. The highest BCUT2D eigenvalue weighted by molar-refractivity contribution is 7.99. The van der Waals surface area contributed by atoms with Crippen molar-refractivity contribution in [3.63, 3.8) is 0 Å². The number of carbonyl (C=O) groups is 13. The van der Waals surface area contributed by atoms with Gasteiger partial charge in [-0.1, -0.05) is 87.5 Å². The number of aromatic nitrogens is 3. The second kappa shape index (κ2) is 46.0. The number of unbranched alkanes of at least 4 members (excludes halogenated alkanes) is 1. The van der Waals surface area contributed by atoms with Gasteiger partial charge in [0.15, 0.2) is 0 Å². The van der Waals surface area contributed by atoms with Crippen LogP contribution in [-0.4, -0.2) is 228 Å². The predicted octanol–water partition coefficient (Wildman–Crippen LogP) is -2.01. The third kappa shape index (κ3) is 28.3. The molecule has 6 rings (SSSR count). The van der Waals surface area contributed by atoms with E-state index in [2.05, 4.69) is 68.8 Å². The summed E-state index contributed by atoms with van der Waals surface area (Å²) >= 11 is 1.26. The van der Waals surface area contributed by atoms with Gasteiger partial charge in [-0.25, -0.2) is 4.79 Å². The molecular formula is C75H107N21O14S. The summed E-state index contributed by atoms with van der Waals surface area (Å²) in [6.45, 7) is 4.46. The summed E-state index contributed by atoms with van der Waals surface area (Å²) in [6, 6.07) is 12.8. The van der Waals surface area contributed by atoms with E-state index < -0.39 is 151 Å². The highest BCUT2D eigenvalue weighted by Gasteiger charge is 2.36. The molecule has 5 aromatic rings. The van der Waals surface area contributed by atoms with E-state index in [1.165, 1.54) is 30.6 Å². The molecule has 35 nitrogen and oxygen atoms in total. The largest absolute Gasteiger partial charge is 0.391 e. The minimum absolute atomic E-state index is 0.0146. The molecule has 23 N–H and O–H groups in total. The lowest BCUT2D eigenvalue weighted by Crippen LogP contribution is -2.61. The molecule has 1 fully saturated rings. The molecule has 3 aromatic carbocycles. The Morgan fingerprint density at radius 2 is 1.34 bits per heavy atom. The van der Waals surface area contributed by atoms with Gasteiger partial charge in [-0.3, -0.25) is 62.5 Å². The van der Waals surface area contributed by atoms with Gasteiger partial charge >= 0.3 is 6.03 Å². The highest BCUT2D eigenvalue weighted by Crippen LogP contribution is 2.34. The fourth-order valence-electron chi connectivity index (χ4n) is 11.8. The Labute approximate surface area is 648 Å². The van der Waals surface area contributed by atoms with Gasteiger partial charge in [0.1, 0.15) is 48.3 Å². The molecule has 13 amide bonds. The van der Waals surface area contributed by atoms with Crippen LogP contribution in [0, 0.1) is 5.92 Å². The molecule has 1 aliphatic heterocycles. The number of nitrogens with one attached hydrogen (secondary N) is 12. The Kier molecular flexibility index (Phi) is 37.0. The van der Waals surface area contributed by atoms with E-state index in [4.69, 9.17) is 33.8 Å². The molecule has 1 saturated heterocycles. The molecule has 0 spiro atoms. The molecule has 3 heterocycles. The minimum atomic E-state index is -1.79. The smallest absolute Gasteiger partial charge is 0.345 e. The molecule has 0 bridgehead atoms. The lowest BCUT2D eigenvalue weighted by molar-refractivity contribution is -0.136. The summed E-state index contributed by atoms with van der Waals surface area (Å²) in [5.41, 5.74) is 32.0. The Bertz CT molecular complexity index is 4020. The normalized spacial score (nSPS) is 19.0. The number of pyridine rings is 1. The van der Waals surface area contributed by atoms with Gasteiger partial charge < -0.3 is 102 Å². The average molecular weight is 1560 g/mol. The molecule has 0 unspecified atom stereocenters. The summed E-state index contributed by atoms with van der Waals surface area (Å²) in [4.78, 5) is 190. The van der Waals surface area contributed by atoms with Crippen LogP contribution in [0.25, 0.3) is 23.1 Å². The third-order valence-electron chi connectivity index (χ3n) is 17.9. The number of nitrogens with two attached hydrogens (primary N) is 5. The quantitative estimate of drug-likeness (QED) is 0.0202. The van der Waals surface area contributed by atoms with Crippen molar-refractivity contribution in [1.82, 2.24) is 83.5 Å². The number of nitrogens with zero attached hydrogens (tertiary/aromatic N) is 4. The van der Waals surface area contributed by atoms with Crippen molar-refractivity contribution in [2.24, 2.45) is 34.6 Å². The summed E-state index contributed by atoms with van der Waals surface area (Å²) in [6.07, 6.45) is 3.28. The fraction of sp³-hybridized carbons (Fsp3) is 0.480. The first-order chi connectivity index (χ1) is 53.2. The number of hydrogen-bond acceptors (Lipinski definition) is 22. The van der Waals surface area contributed by atoms with E-state index in [1.807, 2.05) is 6.07 Å². The van der Waals surface area contributed by atoms with Crippen molar-refractivity contribution in [3.05, 3.63) is 120 Å². The molecule has 2 aromatic heterocycles. The number of aliphatic hydroxyl groups excluding tert-OH is 1. The fourth-order valence-corrected chi connectivity index (χ4v) is 12.8. The number of rotatable bonds is 33. The Balaban J connectivity index is 1.28. The van der Waals surface area contributed by atoms with Crippen LogP contribution < -0.4 is 92.5 Å². The highest BCUT2D eigenvalue weighted by atomic mass is 32.2. The van der Waals surface area contributed by atoms with Crippen LogP contribution in [0.3, 0.4) is 0 Å². The van der Waals surface area contributed by atoms with Crippen molar-refractivity contribution in [1.29, 1.82) is 0 Å². The van der Waals surface area contributed by atoms with Crippen LogP contribution >= 0.6 is 11.8 Å². The van der Waals surface area contributed by atoms with Crippen LogP contribution in [0.4, 0.5) is 4.79 Å². The summed E-state index contributed by atoms with van der Waals surface area (Å²) in [7, 11) is 1.52. The number of amides is 13. The zero-order valence-corrected chi connectivity index (χ0v) is 64.0. The molecule has 111 heavy (non-hydrogen) atoms. The number of fused-ring (bicyclic) bond motifs is 1. The van der Waals surface area contributed by atoms with Gasteiger partial charge in [-0.05, 0) is 151 Å². The predicted molar refractivity (Wildman–Crippen MR) is 416 cm³/mol. The first kappa shape index (κ1) is 89.1. The first-order valence-electron chi connectivity index (χ1n) is 37.1. The van der Waals surface area contributed by atoms with E-state index in [1.54, 1.807) is 124 Å². The maximum atomic E-state index is 15.2. The lowest BCUT2D eigenvalue weighted by Gasteiger charge is -2.28. The Hall–Kier alpha value is -10.8. The molecule has 36 heteroatoms. The van der Waals surface area contributed by atoms with Crippen LogP contribution in [0.1, 0.15) is 119 Å². The monoisotopic (exact) mass is 1560 g/mol. The molecule has 0 saturated carbocycles. The van der Waals surface area contributed by atoms with Gasteiger partial charge in [-0.15, -0.1) is 0 Å². The van der Waals surface area contributed by atoms with Crippen molar-refractivity contribution in [2.45, 2.75) is 169 Å². The maximum absolute atomic E-state index is 15.2. The van der Waals surface area contributed by atoms with Gasteiger partial charge in [0.05, 0.1) is 41.2 Å². The van der Waals surface area contributed by atoms with E-state index in [0.29, 0.717) is 69.0 Å². The van der Waals surface area contributed by atoms with Crippen LogP contribution in [0.15, 0.2) is 107 Å². The number of hydrogen-bond donors (Lipinski definition) is 18. The second-order valence-electron chi connectivity index (χ2n) is 27.0. The third-order valence-corrected chi connectivity index (χ3v) is 18.9. The van der Waals surface area contributed by atoms with Crippen molar-refractivity contribution in [3.8, 4) is 0 Å². The van der Waals surface area contributed by atoms with E-state index >= 15 is 4.79 Å². The lowest BCUT2D eigenvalue weighted by atomic mass is 10.0. The molecule has 602 valence electrons. The summed E-state index contributed by atoms with van der Waals surface area (Å²) < 4.78 is 1.14. The minimum Gasteiger partial charge on any atom is -0.391 e. The van der Waals surface area contributed by atoms with E-state index in [9.17, 15) is 62.6 Å². The van der Waals surface area contributed by atoms with E-state index in [0.717, 1.165) is 4.68 Å². The van der Waals surface area contributed by atoms with Gasteiger partial charge in [0, 0.05) is 67.4 Å². The first-order valence-corrected chi connectivity index (χ1v) is 38.0. The molecule has 0 aliphatic carbocycles. The topological polar surface area (TPSA) is 551 Å². The van der Waals surface area contributed by atoms with Crippen LogP contribution in [0.2, 0.25) is 0 Å². The summed E-state index contributed by atoms with van der Waals surface area (Å²) in [5.74, 6) is -9.90. The Morgan fingerprint density at radius 1 is 0.685 bits per heavy atom. The zero-order chi connectivity index (χ0) is 81.1. The molecule has 0 radical (unpaired) electrons. The SMILES string of the molecule is CC[C@H]1NC(=O)[C@H](CCN)NC(=O)CNC(=O)[C@H](CC(C)C)NC(=O)[C@@H](Cc2ccccc2)NC(=O)[C@H](CCN)NC(=O)[C@@H](NC(=O)[C@H](CCN)NC(=O)[C@@H](NC(=O)CCN(CCNC(=O)[C@@H](N)CCCCN)C(=O)n2nc(/C=C/c3ccccn3)c3ccc(Sc4ccccc4C(=O)NC)cc32)[C@@H](C)O)CCNC1=O. The van der Waals surface area contributed by atoms with Crippen LogP contribution in [0.5, 0.6) is 0 Å². The molecular weight excluding hydrogens is 1450 g/mol. The number of carbonyl (C=O) groups excluding carboxylic acids is 13. The van der Waals surface area contributed by atoms with Gasteiger partial charge in [0.2, 0.25) is 65.0 Å². The van der Waals surface area contributed by atoms with Crippen molar-refractivity contribution < 1.29 is 67.4 Å². The average Bonchev–Trinajstić information content (AvgIpc) is 1.63. The molecule has 1 aliphatic rings. The second-order valence-corrected chi connectivity index (χ2v) is 28.1. The van der Waals surface area contributed by atoms with Crippen LogP contribution in [-0.2, 0) is 59.2 Å². The Morgan fingerprint density at radius 3 is 2.00 bits per heavy atom.